The quantitative estimate of drug-likeness (QED) is 0.582. The van der Waals surface area contributed by atoms with E-state index in [-0.39, 0.29) is 18.2 Å². The molecule has 0 aliphatic carbocycles. The van der Waals surface area contributed by atoms with Crippen molar-refractivity contribution >= 4 is 0 Å². The largest absolute Gasteiger partial charge is 0.376 e. The molecule has 104 valence electrons. The summed E-state index contributed by atoms with van der Waals surface area (Å²) in [6.07, 6.45) is 3.98. The second kappa shape index (κ2) is 11.0. The molecule has 0 aromatic heterocycles. The molecule has 0 aromatic carbocycles. The van der Waals surface area contributed by atoms with E-state index >= 15 is 0 Å². The average Bonchev–Trinajstić information content (AvgIpc) is 2.32. The normalized spacial score (nSPS) is 16.8. The van der Waals surface area contributed by atoms with E-state index in [2.05, 4.69) is 6.92 Å². The van der Waals surface area contributed by atoms with E-state index < -0.39 is 0 Å². The molecule has 0 aromatic rings. The van der Waals surface area contributed by atoms with Crippen LogP contribution in [0, 0.1) is 0 Å². The first-order valence-electron chi connectivity index (χ1n) is 6.89. The monoisotopic (exact) mass is 246 g/mol. The zero-order valence-electron chi connectivity index (χ0n) is 11.7. The van der Waals surface area contributed by atoms with Gasteiger partial charge in [0, 0.05) is 19.3 Å². The Labute approximate surface area is 106 Å². The van der Waals surface area contributed by atoms with Crippen molar-refractivity contribution in [3.8, 4) is 0 Å². The summed E-state index contributed by atoms with van der Waals surface area (Å²) in [5.41, 5.74) is 11.7. The fourth-order valence-electron chi connectivity index (χ4n) is 2.07. The Morgan fingerprint density at radius 3 is 2.12 bits per heavy atom. The molecule has 0 saturated carbocycles. The van der Waals surface area contributed by atoms with Crippen molar-refractivity contribution < 1.29 is 9.47 Å². The molecule has 3 atom stereocenters. The Bertz CT molecular complexity index is 167. The SMILES string of the molecule is CCCC(N)C(OCC)C(CCCN)OCC. The van der Waals surface area contributed by atoms with Gasteiger partial charge in [0.1, 0.15) is 0 Å². The van der Waals surface area contributed by atoms with E-state index in [0.717, 1.165) is 25.7 Å². The van der Waals surface area contributed by atoms with Gasteiger partial charge in [0.05, 0.1) is 12.2 Å². The lowest BCUT2D eigenvalue weighted by Crippen LogP contribution is -2.46. The molecule has 0 spiro atoms. The molecule has 0 bridgehead atoms. The van der Waals surface area contributed by atoms with E-state index in [1.54, 1.807) is 0 Å². The average molecular weight is 246 g/mol. The van der Waals surface area contributed by atoms with Gasteiger partial charge >= 0.3 is 0 Å². The van der Waals surface area contributed by atoms with Gasteiger partial charge in [-0.25, -0.2) is 0 Å². The number of rotatable bonds is 11. The first-order valence-corrected chi connectivity index (χ1v) is 6.89. The summed E-state index contributed by atoms with van der Waals surface area (Å²) in [7, 11) is 0. The standard InChI is InChI=1S/C13H30N2O2/c1-4-8-11(15)13(17-6-3)12(16-5-2)9-7-10-14/h11-13H,4-10,14-15H2,1-3H3. The minimum Gasteiger partial charge on any atom is -0.376 e. The summed E-state index contributed by atoms with van der Waals surface area (Å²) < 4.78 is 11.5. The summed E-state index contributed by atoms with van der Waals surface area (Å²) in [5, 5.41) is 0. The Balaban J connectivity index is 4.44. The molecule has 4 nitrogen and oxygen atoms in total. The van der Waals surface area contributed by atoms with E-state index in [1.807, 2.05) is 13.8 Å². The van der Waals surface area contributed by atoms with E-state index in [9.17, 15) is 0 Å². The first kappa shape index (κ1) is 16.8. The van der Waals surface area contributed by atoms with Crippen molar-refractivity contribution in [3.05, 3.63) is 0 Å². The molecular weight excluding hydrogens is 216 g/mol. The molecule has 0 saturated heterocycles. The Hall–Kier alpha value is -0.160. The summed E-state index contributed by atoms with van der Waals surface area (Å²) in [4.78, 5) is 0. The van der Waals surface area contributed by atoms with E-state index in [4.69, 9.17) is 20.9 Å². The molecule has 0 rings (SSSR count). The lowest BCUT2D eigenvalue weighted by Gasteiger charge is -2.31. The third kappa shape index (κ3) is 6.99. The van der Waals surface area contributed by atoms with Crippen LogP contribution in [0.25, 0.3) is 0 Å². The van der Waals surface area contributed by atoms with Crippen LogP contribution in [-0.2, 0) is 9.47 Å². The van der Waals surface area contributed by atoms with Gasteiger partial charge in [0.25, 0.3) is 0 Å². The van der Waals surface area contributed by atoms with Gasteiger partial charge in [-0.15, -0.1) is 0 Å². The smallest absolute Gasteiger partial charge is 0.0986 e. The molecular formula is C13H30N2O2. The van der Waals surface area contributed by atoms with Gasteiger partial charge in [-0.2, -0.15) is 0 Å². The van der Waals surface area contributed by atoms with E-state index in [0.29, 0.717) is 19.8 Å². The van der Waals surface area contributed by atoms with Crippen molar-refractivity contribution in [3.63, 3.8) is 0 Å². The van der Waals surface area contributed by atoms with Gasteiger partial charge in [0.2, 0.25) is 0 Å². The highest BCUT2D eigenvalue weighted by Crippen LogP contribution is 2.16. The Morgan fingerprint density at radius 1 is 1.00 bits per heavy atom. The maximum absolute atomic E-state index is 6.18. The number of hydrogen-bond donors (Lipinski definition) is 2. The highest BCUT2D eigenvalue weighted by atomic mass is 16.5. The van der Waals surface area contributed by atoms with Crippen molar-refractivity contribution in [2.75, 3.05) is 19.8 Å². The topological polar surface area (TPSA) is 70.5 Å². The lowest BCUT2D eigenvalue weighted by atomic mass is 9.98. The maximum Gasteiger partial charge on any atom is 0.0986 e. The predicted molar refractivity (Wildman–Crippen MR) is 72.0 cm³/mol. The molecule has 0 heterocycles. The first-order chi connectivity index (χ1) is 8.21. The third-order valence-corrected chi connectivity index (χ3v) is 2.84. The maximum atomic E-state index is 6.18. The van der Waals surface area contributed by atoms with Crippen LogP contribution in [-0.4, -0.2) is 38.0 Å². The van der Waals surface area contributed by atoms with Gasteiger partial charge < -0.3 is 20.9 Å². The Morgan fingerprint density at radius 2 is 1.65 bits per heavy atom. The number of hydrogen-bond acceptors (Lipinski definition) is 4. The minimum atomic E-state index is -0.00792. The van der Waals surface area contributed by atoms with Crippen LogP contribution in [0.3, 0.4) is 0 Å². The van der Waals surface area contributed by atoms with E-state index in [1.165, 1.54) is 0 Å². The van der Waals surface area contributed by atoms with Crippen LogP contribution in [0.2, 0.25) is 0 Å². The van der Waals surface area contributed by atoms with Crippen LogP contribution in [0.15, 0.2) is 0 Å². The molecule has 17 heavy (non-hydrogen) atoms. The second-order valence-corrected chi connectivity index (χ2v) is 4.30. The minimum absolute atomic E-state index is 0.00792. The van der Waals surface area contributed by atoms with Crippen molar-refractivity contribution in [1.82, 2.24) is 0 Å². The third-order valence-electron chi connectivity index (χ3n) is 2.84. The fourth-order valence-corrected chi connectivity index (χ4v) is 2.07. The molecule has 4 N–H and O–H groups in total. The summed E-state index contributed by atoms with van der Waals surface area (Å²) in [6.45, 7) is 8.19. The molecule has 0 aliphatic rings. The molecule has 0 amide bonds. The van der Waals surface area contributed by atoms with Crippen LogP contribution in [0.4, 0.5) is 0 Å². The summed E-state index contributed by atoms with van der Waals surface area (Å²) in [5.74, 6) is 0. The summed E-state index contributed by atoms with van der Waals surface area (Å²) >= 11 is 0. The van der Waals surface area contributed by atoms with Crippen molar-refractivity contribution in [2.24, 2.45) is 11.5 Å². The number of nitrogens with two attached hydrogens (primary N) is 2. The van der Waals surface area contributed by atoms with Gasteiger partial charge in [-0.05, 0) is 39.7 Å². The molecule has 0 radical (unpaired) electrons. The predicted octanol–water partition coefficient (Wildman–Crippen LogP) is 1.66. The van der Waals surface area contributed by atoms with Crippen LogP contribution < -0.4 is 11.5 Å². The fraction of sp³-hybridized carbons (Fsp3) is 1.00. The lowest BCUT2D eigenvalue weighted by molar-refractivity contribution is -0.0816. The molecule has 4 heteroatoms. The van der Waals surface area contributed by atoms with Crippen molar-refractivity contribution in [2.45, 2.75) is 64.7 Å². The molecule has 0 fully saturated rings. The molecule has 0 aliphatic heterocycles. The number of ether oxygens (including phenoxy) is 2. The summed E-state index contributed by atoms with van der Waals surface area (Å²) in [6, 6.07) is 0.0503. The van der Waals surface area contributed by atoms with Gasteiger partial charge in [0.15, 0.2) is 0 Å². The Kier molecular flexibility index (Phi) is 10.9. The second-order valence-electron chi connectivity index (χ2n) is 4.30. The van der Waals surface area contributed by atoms with Crippen LogP contribution in [0.1, 0.15) is 46.5 Å². The zero-order valence-corrected chi connectivity index (χ0v) is 11.7. The van der Waals surface area contributed by atoms with Crippen molar-refractivity contribution in [1.29, 1.82) is 0 Å². The molecule has 3 unspecified atom stereocenters. The van der Waals surface area contributed by atoms with Crippen LogP contribution in [0.5, 0.6) is 0 Å². The highest BCUT2D eigenvalue weighted by molar-refractivity contribution is 4.81. The van der Waals surface area contributed by atoms with Crippen LogP contribution >= 0.6 is 0 Å². The highest BCUT2D eigenvalue weighted by Gasteiger charge is 2.27. The zero-order chi connectivity index (χ0) is 13.1. The van der Waals surface area contributed by atoms with Gasteiger partial charge in [-0.3, -0.25) is 0 Å². The van der Waals surface area contributed by atoms with Gasteiger partial charge in [-0.1, -0.05) is 13.3 Å².